The van der Waals surface area contributed by atoms with E-state index in [4.69, 9.17) is 0 Å². The molecule has 0 spiro atoms. The molecule has 0 aliphatic carbocycles. The van der Waals surface area contributed by atoms with E-state index in [1.54, 1.807) is 18.5 Å². The second kappa shape index (κ2) is 9.98. The van der Waals surface area contributed by atoms with Crippen molar-refractivity contribution in [3.05, 3.63) is 66.0 Å². The van der Waals surface area contributed by atoms with Gasteiger partial charge in [0.1, 0.15) is 0 Å². The van der Waals surface area contributed by atoms with Crippen LogP contribution in [0.1, 0.15) is 36.8 Å². The van der Waals surface area contributed by atoms with Crippen molar-refractivity contribution in [2.75, 3.05) is 19.3 Å². The lowest BCUT2D eigenvalue weighted by Crippen LogP contribution is -2.51. The second-order valence-electron chi connectivity index (χ2n) is 7.64. The third kappa shape index (κ3) is 6.37. The van der Waals surface area contributed by atoms with E-state index in [1.807, 2.05) is 29.2 Å². The number of aryl methyl sites for hydroxylation is 1. The minimum atomic E-state index is -3.40. The highest BCUT2D eigenvalue weighted by Gasteiger charge is 2.32. The maximum atomic E-state index is 12.7. The summed E-state index contributed by atoms with van der Waals surface area (Å²) in [7, 11) is -3.40. The summed E-state index contributed by atoms with van der Waals surface area (Å²) in [6, 6.07) is 13.6. The molecule has 1 aromatic heterocycles. The highest BCUT2D eigenvalue weighted by Crippen LogP contribution is 2.22. The zero-order chi connectivity index (χ0) is 20.7. The number of aromatic nitrogens is 1. The van der Waals surface area contributed by atoms with Gasteiger partial charge in [0, 0.05) is 44.5 Å². The molecule has 29 heavy (non-hydrogen) atoms. The first kappa shape index (κ1) is 21.5. The summed E-state index contributed by atoms with van der Waals surface area (Å²) in [5.74, 6) is 0.112. The largest absolute Gasteiger partial charge is 0.341 e. The lowest BCUT2D eigenvalue weighted by atomic mass is 10.0. The number of hydrogen-bond donors (Lipinski definition) is 0. The quantitative estimate of drug-likeness (QED) is 0.665. The first-order valence-electron chi connectivity index (χ1n) is 10.1. The van der Waals surface area contributed by atoms with Crippen molar-refractivity contribution in [3.8, 4) is 0 Å². The number of amides is 1. The third-order valence-corrected chi connectivity index (χ3v) is 6.62. The van der Waals surface area contributed by atoms with Crippen LogP contribution in [0.4, 0.5) is 0 Å². The van der Waals surface area contributed by atoms with Crippen molar-refractivity contribution >= 4 is 15.9 Å². The molecular weight excluding hydrogens is 386 g/mol. The van der Waals surface area contributed by atoms with E-state index in [-0.39, 0.29) is 18.5 Å². The molecule has 1 aliphatic heterocycles. The van der Waals surface area contributed by atoms with Gasteiger partial charge in [0.25, 0.3) is 0 Å². The van der Waals surface area contributed by atoms with Crippen LogP contribution < -0.4 is 0 Å². The molecular formula is C22H29N3O3S. The molecule has 156 valence electrons. The molecule has 1 aromatic carbocycles. The molecule has 1 atom stereocenters. The van der Waals surface area contributed by atoms with E-state index >= 15 is 0 Å². The van der Waals surface area contributed by atoms with Crippen LogP contribution in [0, 0.1) is 0 Å². The Labute approximate surface area is 173 Å². The smallest absolute Gasteiger partial charge is 0.222 e. The van der Waals surface area contributed by atoms with Gasteiger partial charge in [-0.3, -0.25) is 9.78 Å². The van der Waals surface area contributed by atoms with Gasteiger partial charge in [0.15, 0.2) is 0 Å². The predicted octanol–water partition coefficient (Wildman–Crippen LogP) is 2.86. The molecule has 1 saturated heterocycles. The summed E-state index contributed by atoms with van der Waals surface area (Å²) < 4.78 is 26.4. The fraction of sp³-hybridized carbons (Fsp3) is 0.455. The van der Waals surface area contributed by atoms with Gasteiger partial charge in [-0.1, -0.05) is 36.4 Å². The van der Waals surface area contributed by atoms with Crippen LogP contribution in [0.15, 0.2) is 54.9 Å². The molecule has 2 heterocycles. The Hall–Kier alpha value is -2.25. The van der Waals surface area contributed by atoms with Crippen LogP contribution in [0.5, 0.6) is 0 Å². The number of nitrogens with zero attached hydrogens (tertiary/aromatic N) is 3. The van der Waals surface area contributed by atoms with Crippen molar-refractivity contribution in [3.63, 3.8) is 0 Å². The van der Waals surface area contributed by atoms with Gasteiger partial charge in [0.05, 0.1) is 6.26 Å². The zero-order valence-electron chi connectivity index (χ0n) is 16.9. The van der Waals surface area contributed by atoms with E-state index in [1.165, 1.54) is 16.1 Å². The first-order valence-corrected chi connectivity index (χ1v) is 12.0. The molecule has 1 amide bonds. The SMILES string of the molecule is CS(=O)(=O)N(Cc1cccnc1)C1CCCN(C(=O)CCCc2ccccc2)C1. The number of pyridine rings is 1. The molecule has 2 aromatic rings. The summed E-state index contributed by atoms with van der Waals surface area (Å²) >= 11 is 0. The maximum absolute atomic E-state index is 12.7. The monoisotopic (exact) mass is 415 g/mol. The summed E-state index contributed by atoms with van der Waals surface area (Å²) in [5, 5.41) is 0. The summed E-state index contributed by atoms with van der Waals surface area (Å²) in [4.78, 5) is 18.6. The predicted molar refractivity (Wildman–Crippen MR) is 114 cm³/mol. The fourth-order valence-electron chi connectivity index (χ4n) is 3.85. The number of rotatable bonds is 8. The minimum Gasteiger partial charge on any atom is -0.341 e. The molecule has 7 heteroatoms. The molecule has 0 radical (unpaired) electrons. The van der Waals surface area contributed by atoms with Gasteiger partial charge in [-0.2, -0.15) is 4.31 Å². The van der Waals surface area contributed by atoms with Crippen LogP contribution in [-0.4, -0.2) is 53.9 Å². The second-order valence-corrected chi connectivity index (χ2v) is 9.58. The van der Waals surface area contributed by atoms with Crippen LogP contribution in [0.25, 0.3) is 0 Å². The van der Waals surface area contributed by atoms with Gasteiger partial charge >= 0.3 is 0 Å². The number of sulfonamides is 1. The number of piperidine rings is 1. The lowest BCUT2D eigenvalue weighted by molar-refractivity contribution is -0.133. The number of carbonyl (C=O) groups excluding carboxylic acids is 1. The van der Waals surface area contributed by atoms with Gasteiger partial charge < -0.3 is 4.90 Å². The van der Waals surface area contributed by atoms with E-state index in [9.17, 15) is 13.2 Å². The normalized spacial score (nSPS) is 17.4. The summed E-state index contributed by atoms with van der Waals surface area (Å²) in [6.45, 7) is 1.44. The van der Waals surface area contributed by atoms with Crippen molar-refractivity contribution in [2.24, 2.45) is 0 Å². The minimum absolute atomic E-state index is 0.112. The summed E-state index contributed by atoms with van der Waals surface area (Å²) in [5.41, 5.74) is 2.08. The maximum Gasteiger partial charge on any atom is 0.222 e. The molecule has 3 rings (SSSR count). The van der Waals surface area contributed by atoms with Crippen LogP contribution >= 0.6 is 0 Å². The van der Waals surface area contributed by atoms with Crippen LogP contribution in [-0.2, 0) is 27.8 Å². The molecule has 0 bridgehead atoms. The van der Waals surface area contributed by atoms with E-state index in [2.05, 4.69) is 17.1 Å². The average Bonchev–Trinajstić information content (AvgIpc) is 2.73. The zero-order valence-corrected chi connectivity index (χ0v) is 17.7. The Bertz CT molecular complexity index is 888. The van der Waals surface area contributed by atoms with Gasteiger partial charge in [-0.15, -0.1) is 0 Å². The lowest BCUT2D eigenvalue weighted by Gasteiger charge is -2.38. The molecule has 1 aliphatic rings. The van der Waals surface area contributed by atoms with Gasteiger partial charge in [-0.05, 0) is 42.9 Å². The molecule has 0 saturated carbocycles. The Morgan fingerprint density at radius 1 is 1.17 bits per heavy atom. The number of carbonyl (C=O) groups is 1. The van der Waals surface area contributed by atoms with Crippen molar-refractivity contribution in [1.82, 2.24) is 14.2 Å². The van der Waals surface area contributed by atoms with Gasteiger partial charge in [0.2, 0.25) is 15.9 Å². The van der Waals surface area contributed by atoms with Gasteiger partial charge in [-0.25, -0.2) is 8.42 Å². The van der Waals surface area contributed by atoms with Crippen molar-refractivity contribution < 1.29 is 13.2 Å². The topological polar surface area (TPSA) is 70.6 Å². The van der Waals surface area contributed by atoms with E-state index < -0.39 is 10.0 Å². The van der Waals surface area contributed by atoms with Crippen LogP contribution in [0.3, 0.4) is 0 Å². The molecule has 0 N–H and O–H groups in total. The first-order chi connectivity index (χ1) is 13.9. The average molecular weight is 416 g/mol. The molecule has 1 fully saturated rings. The summed E-state index contributed by atoms with van der Waals surface area (Å²) in [6.07, 6.45) is 8.34. The number of benzene rings is 1. The Kier molecular flexibility index (Phi) is 7.39. The Morgan fingerprint density at radius 2 is 1.93 bits per heavy atom. The molecule has 6 nitrogen and oxygen atoms in total. The molecule has 1 unspecified atom stereocenters. The van der Waals surface area contributed by atoms with E-state index in [0.717, 1.165) is 31.2 Å². The highest BCUT2D eigenvalue weighted by atomic mass is 32.2. The highest BCUT2D eigenvalue weighted by molar-refractivity contribution is 7.88. The standard InChI is InChI=1S/C22H29N3O3S/c1-29(27,28)25(17-20-11-6-14-23-16-20)21-12-7-15-24(18-21)22(26)13-5-10-19-8-3-2-4-9-19/h2-4,6,8-9,11,14,16,21H,5,7,10,12-13,15,17-18H2,1H3. The third-order valence-electron chi connectivity index (χ3n) is 5.34. The fourth-order valence-corrected chi connectivity index (χ4v) is 4.95. The number of hydrogen-bond acceptors (Lipinski definition) is 4. The van der Waals surface area contributed by atoms with Crippen molar-refractivity contribution in [1.29, 1.82) is 0 Å². The van der Waals surface area contributed by atoms with Crippen molar-refractivity contribution in [2.45, 2.75) is 44.7 Å². The number of likely N-dealkylation sites (tertiary alicyclic amines) is 1. The van der Waals surface area contributed by atoms with Crippen LogP contribution in [0.2, 0.25) is 0 Å². The Balaban J connectivity index is 1.59. The Morgan fingerprint density at radius 3 is 2.62 bits per heavy atom. The van der Waals surface area contributed by atoms with E-state index in [0.29, 0.717) is 19.5 Å².